The normalized spacial score (nSPS) is 14.6. The van der Waals surface area contributed by atoms with Gasteiger partial charge in [0, 0.05) is 19.6 Å². The molecular formula is C9H18ClN3O3. The lowest BCUT2D eigenvalue weighted by molar-refractivity contribution is -0.131. The van der Waals surface area contributed by atoms with Gasteiger partial charge in [-0.15, -0.1) is 12.4 Å². The molecule has 0 atom stereocenters. The molecule has 0 aromatic carbocycles. The number of likely N-dealkylation sites (N-methyl/N-ethyl adjacent to an activating group) is 1. The molecule has 7 heteroatoms. The largest absolute Gasteiger partial charge is 0.366 e. The van der Waals surface area contributed by atoms with Gasteiger partial charge >= 0.3 is 0 Å². The van der Waals surface area contributed by atoms with Gasteiger partial charge < -0.3 is 20.7 Å². The van der Waals surface area contributed by atoms with E-state index in [0.29, 0.717) is 6.54 Å². The van der Waals surface area contributed by atoms with E-state index >= 15 is 0 Å². The molecule has 0 unspecified atom stereocenters. The topological polar surface area (TPSA) is 79.5 Å². The van der Waals surface area contributed by atoms with Crippen LogP contribution in [-0.2, 0) is 14.3 Å². The lowest BCUT2D eigenvalue weighted by Crippen LogP contribution is -2.50. The smallest absolute Gasteiger partial charge is 0.246 e. The van der Waals surface area contributed by atoms with Gasteiger partial charge in [-0.3, -0.25) is 9.59 Å². The van der Waals surface area contributed by atoms with Crippen molar-refractivity contribution >= 4 is 24.2 Å². The molecule has 1 fully saturated rings. The van der Waals surface area contributed by atoms with Crippen LogP contribution in [0.5, 0.6) is 0 Å². The Labute approximate surface area is 101 Å². The van der Waals surface area contributed by atoms with Crippen LogP contribution in [0, 0.1) is 0 Å². The Kier molecular flexibility index (Phi) is 7.88. The summed E-state index contributed by atoms with van der Waals surface area (Å²) in [5, 5.41) is 8.09. The first-order valence-corrected chi connectivity index (χ1v) is 5.08. The molecule has 94 valence electrons. The fourth-order valence-electron chi connectivity index (χ4n) is 1.06. The quantitative estimate of drug-likeness (QED) is 0.545. The highest BCUT2D eigenvalue weighted by Crippen LogP contribution is 1.96. The number of hydrogen-bond donors (Lipinski definition) is 3. The fourth-order valence-corrected chi connectivity index (χ4v) is 1.06. The third-order valence-electron chi connectivity index (χ3n) is 2.01. The van der Waals surface area contributed by atoms with E-state index in [1.807, 2.05) is 6.92 Å². The summed E-state index contributed by atoms with van der Waals surface area (Å²) in [5.74, 6) is -0.440. The zero-order chi connectivity index (χ0) is 11.1. The van der Waals surface area contributed by atoms with Crippen molar-refractivity contribution in [3.8, 4) is 0 Å². The highest BCUT2D eigenvalue weighted by atomic mass is 35.5. The maximum atomic E-state index is 11.2. The van der Waals surface area contributed by atoms with E-state index < -0.39 is 0 Å². The lowest BCUT2D eigenvalue weighted by Gasteiger charge is -2.26. The van der Waals surface area contributed by atoms with Gasteiger partial charge in [-0.1, -0.05) is 0 Å². The average molecular weight is 252 g/mol. The zero-order valence-corrected chi connectivity index (χ0v) is 10.1. The van der Waals surface area contributed by atoms with Gasteiger partial charge in [0.1, 0.15) is 6.61 Å². The third kappa shape index (κ3) is 5.89. The van der Waals surface area contributed by atoms with Crippen LogP contribution in [0.2, 0.25) is 0 Å². The van der Waals surface area contributed by atoms with E-state index in [4.69, 9.17) is 4.74 Å². The third-order valence-corrected chi connectivity index (χ3v) is 2.01. The van der Waals surface area contributed by atoms with Gasteiger partial charge in [0.05, 0.1) is 12.6 Å². The van der Waals surface area contributed by atoms with Crippen LogP contribution in [0.15, 0.2) is 0 Å². The standard InChI is InChI=1S/C9H17N3O3.ClH/c1-2-11-8(13)5-12-9(14)6-15-7-3-10-4-7;/h7,10H,2-6H2,1H3,(H,11,13)(H,12,14);1H. The van der Waals surface area contributed by atoms with Gasteiger partial charge in [-0.25, -0.2) is 0 Å². The van der Waals surface area contributed by atoms with Crippen LogP contribution in [0.25, 0.3) is 0 Å². The van der Waals surface area contributed by atoms with E-state index in [2.05, 4.69) is 16.0 Å². The Hall–Kier alpha value is -0.850. The molecule has 1 aliphatic rings. The molecule has 0 aromatic heterocycles. The minimum Gasteiger partial charge on any atom is -0.366 e. The van der Waals surface area contributed by atoms with Crippen LogP contribution in [-0.4, -0.2) is 50.7 Å². The van der Waals surface area contributed by atoms with Crippen LogP contribution in [0.1, 0.15) is 6.92 Å². The predicted molar refractivity (Wildman–Crippen MR) is 61.6 cm³/mol. The number of carbonyl (C=O) groups excluding carboxylic acids is 2. The Morgan fingerprint density at radius 3 is 2.50 bits per heavy atom. The molecule has 0 radical (unpaired) electrons. The lowest BCUT2D eigenvalue weighted by atomic mass is 10.2. The fraction of sp³-hybridized carbons (Fsp3) is 0.778. The van der Waals surface area contributed by atoms with Crippen molar-refractivity contribution in [2.45, 2.75) is 13.0 Å². The second-order valence-corrected chi connectivity index (χ2v) is 3.32. The summed E-state index contributed by atoms with van der Waals surface area (Å²) in [6, 6.07) is 0. The molecule has 1 saturated heterocycles. The summed E-state index contributed by atoms with van der Waals surface area (Å²) in [6.45, 7) is 4.02. The molecule has 0 bridgehead atoms. The maximum absolute atomic E-state index is 11.2. The SMILES string of the molecule is CCNC(=O)CNC(=O)COC1CNC1.Cl. The van der Waals surface area contributed by atoms with Crippen molar-refractivity contribution in [3.63, 3.8) is 0 Å². The Morgan fingerprint density at radius 1 is 1.31 bits per heavy atom. The minimum atomic E-state index is -0.256. The second-order valence-electron chi connectivity index (χ2n) is 3.32. The van der Waals surface area contributed by atoms with Gasteiger partial charge in [0.2, 0.25) is 11.8 Å². The summed E-state index contributed by atoms with van der Waals surface area (Å²) >= 11 is 0. The number of halogens is 1. The molecule has 3 N–H and O–H groups in total. The molecular weight excluding hydrogens is 234 g/mol. The van der Waals surface area contributed by atoms with Crippen molar-refractivity contribution in [2.24, 2.45) is 0 Å². The van der Waals surface area contributed by atoms with Gasteiger partial charge in [0.25, 0.3) is 0 Å². The van der Waals surface area contributed by atoms with Crippen LogP contribution >= 0.6 is 12.4 Å². The van der Waals surface area contributed by atoms with Gasteiger partial charge in [0.15, 0.2) is 0 Å². The number of nitrogens with one attached hydrogen (secondary N) is 3. The zero-order valence-electron chi connectivity index (χ0n) is 9.25. The monoisotopic (exact) mass is 251 g/mol. The van der Waals surface area contributed by atoms with E-state index in [-0.39, 0.29) is 43.5 Å². The minimum absolute atomic E-state index is 0. The van der Waals surface area contributed by atoms with Crippen LogP contribution in [0.4, 0.5) is 0 Å². The van der Waals surface area contributed by atoms with Crippen LogP contribution in [0.3, 0.4) is 0 Å². The number of rotatable bonds is 6. The number of carbonyl (C=O) groups is 2. The van der Waals surface area contributed by atoms with E-state index in [1.54, 1.807) is 0 Å². The summed E-state index contributed by atoms with van der Waals surface area (Å²) in [6.07, 6.45) is 0.139. The first kappa shape index (κ1) is 15.2. The summed E-state index contributed by atoms with van der Waals surface area (Å²) in [4.78, 5) is 22.1. The summed E-state index contributed by atoms with van der Waals surface area (Å²) in [7, 11) is 0. The number of ether oxygens (including phenoxy) is 1. The first-order valence-electron chi connectivity index (χ1n) is 5.08. The van der Waals surface area contributed by atoms with Crippen molar-refractivity contribution in [3.05, 3.63) is 0 Å². The van der Waals surface area contributed by atoms with Crippen molar-refractivity contribution in [1.29, 1.82) is 0 Å². The van der Waals surface area contributed by atoms with Gasteiger partial charge in [-0.05, 0) is 6.92 Å². The summed E-state index contributed by atoms with van der Waals surface area (Å²) < 4.78 is 5.23. The number of amides is 2. The highest BCUT2D eigenvalue weighted by molar-refractivity contribution is 5.85. The Balaban J connectivity index is 0.00000225. The molecule has 2 amide bonds. The molecule has 0 saturated carbocycles. The predicted octanol–water partition coefficient (Wildman–Crippen LogP) is -1.35. The highest BCUT2D eigenvalue weighted by Gasteiger charge is 2.18. The molecule has 1 heterocycles. The molecule has 1 rings (SSSR count). The Morgan fingerprint density at radius 2 is 2.00 bits per heavy atom. The Bertz CT molecular complexity index is 234. The van der Waals surface area contributed by atoms with E-state index in [9.17, 15) is 9.59 Å². The van der Waals surface area contributed by atoms with Crippen molar-refractivity contribution < 1.29 is 14.3 Å². The molecule has 16 heavy (non-hydrogen) atoms. The maximum Gasteiger partial charge on any atom is 0.246 e. The van der Waals surface area contributed by atoms with E-state index in [1.165, 1.54) is 0 Å². The first-order chi connectivity index (χ1) is 7.22. The second kappa shape index (κ2) is 8.32. The molecule has 0 aliphatic carbocycles. The van der Waals surface area contributed by atoms with Crippen molar-refractivity contribution in [2.75, 3.05) is 32.8 Å². The molecule has 0 spiro atoms. The summed E-state index contributed by atoms with van der Waals surface area (Å²) in [5.41, 5.74) is 0. The number of hydrogen-bond acceptors (Lipinski definition) is 4. The average Bonchev–Trinajstić information content (AvgIpc) is 2.13. The van der Waals surface area contributed by atoms with Gasteiger partial charge in [-0.2, -0.15) is 0 Å². The molecule has 1 aliphatic heterocycles. The molecule has 6 nitrogen and oxygen atoms in total. The van der Waals surface area contributed by atoms with Crippen LogP contribution < -0.4 is 16.0 Å². The van der Waals surface area contributed by atoms with E-state index in [0.717, 1.165) is 13.1 Å². The van der Waals surface area contributed by atoms with Crippen molar-refractivity contribution in [1.82, 2.24) is 16.0 Å². The molecule has 0 aromatic rings.